The summed E-state index contributed by atoms with van der Waals surface area (Å²) in [6.45, 7) is 7.38. The molecule has 0 saturated heterocycles. The van der Waals surface area contributed by atoms with Crippen molar-refractivity contribution in [3.63, 3.8) is 0 Å². The van der Waals surface area contributed by atoms with E-state index in [1.807, 2.05) is 0 Å². The molecule has 6 rings (SSSR count). The predicted octanol–water partition coefficient (Wildman–Crippen LogP) is 7.64. The Hall–Kier alpha value is -1.58. The van der Waals surface area contributed by atoms with Crippen molar-refractivity contribution in [3.05, 3.63) is 90.7 Å². The van der Waals surface area contributed by atoms with Crippen molar-refractivity contribution in [1.29, 1.82) is 0 Å². The molecule has 0 N–H and O–H groups in total. The van der Waals surface area contributed by atoms with Crippen LogP contribution >= 0.6 is 31.9 Å². The van der Waals surface area contributed by atoms with E-state index < -0.39 is 0 Å². The Morgan fingerprint density at radius 2 is 1.93 bits per heavy atom. The topological polar surface area (TPSA) is 0 Å². The lowest BCUT2D eigenvalue weighted by atomic mass is 9.27. The number of hydrogen-bond donors (Lipinski definition) is 0. The standard InChI is InChI=1S/C27H23BBr2/c1-14-10-15(2)27(16(3)11-14)28-20-8-4-6-18-22(29)12-17-13-23(30)19-7-5-9-21(28)26(19)24(17)25(18)20/h4-10,12-13,16,18,25H,11H2,1-3H3/t16?,18-,25?/m1/s1. The maximum atomic E-state index is 3.93. The van der Waals surface area contributed by atoms with Gasteiger partial charge in [0.1, 0.15) is 0 Å². The minimum atomic E-state index is 0.360. The number of hydrogen-bond acceptors (Lipinski definition) is 0. The average molecular weight is 518 g/mol. The van der Waals surface area contributed by atoms with Gasteiger partial charge < -0.3 is 0 Å². The zero-order chi connectivity index (χ0) is 20.7. The van der Waals surface area contributed by atoms with Crippen LogP contribution in [0.15, 0.2) is 79.6 Å². The first-order valence-electron chi connectivity index (χ1n) is 10.8. The van der Waals surface area contributed by atoms with Crippen molar-refractivity contribution in [1.82, 2.24) is 0 Å². The van der Waals surface area contributed by atoms with Crippen LogP contribution in [0.2, 0.25) is 0 Å². The van der Waals surface area contributed by atoms with Crippen LogP contribution < -0.4 is 5.46 Å². The van der Waals surface area contributed by atoms with Crippen molar-refractivity contribution in [3.8, 4) is 0 Å². The van der Waals surface area contributed by atoms with E-state index in [0.717, 1.165) is 6.42 Å². The fourth-order valence-electron chi connectivity index (χ4n) is 6.56. The third-order valence-electron chi connectivity index (χ3n) is 7.50. The molecule has 2 aromatic rings. The highest BCUT2D eigenvalue weighted by molar-refractivity contribution is 9.11. The SMILES string of the molecule is CC1=CC(C)=C(B2C3=CC=C[C@@H]4C(Br)=Cc5cc(Br)c6cccc2c6c5C34)C(C)C1. The molecular weight excluding hydrogens is 495 g/mol. The van der Waals surface area contributed by atoms with Gasteiger partial charge in [-0.15, -0.1) is 0 Å². The quantitative estimate of drug-likeness (QED) is 0.341. The van der Waals surface area contributed by atoms with Crippen LogP contribution in [-0.2, 0) is 0 Å². The van der Waals surface area contributed by atoms with E-state index >= 15 is 0 Å². The summed E-state index contributed by atoms with van der Waals surface area (Å²) in [5, 5.41) is 2.83. The average Bonchev–Trinajstić information content (AvgIpc) is 2.70. The van der Waals surface area contributed by atoms with Gasteiger partial charge in [-0.25, -0.2) is 0 Å². The highest BCUT2D eigenvalue weighted by Crippen LogP contribution is 2.54. The maximum absolute atomic E-state index is 3.93. The minimum absolute atomic E-state index is 0.360. The zero-order valence-electron chi connectivity index (χ0n) is 17.5. The lowest BCUT2D eigenvalue weighted by molar-refractivity contribution is 0.662. The van der Waals surface area contributed by atoms with Gasteiger partial charge in [0.25, 0.3) is 0 Å². The van der Waals surface area contributed by atoms with E-state index in [4.69, 9.17) is 0 Å². The highest BCUT2D eigenvalue weighted by atomic mass is 79.9. The second-order valence-corrected chi connectivity index (χ2v) is 11.2. The molecule has 0 nitrogen and oxygen atoms in total. The van der Waals surface area contributed by atoms with Gasteiger partial charge in [0, 0.05) is 20.8 Å². The fraction of sp³-hybridized carbons (Fsp3) is 0.259. The van der Waals surface area contributed by atoms with E-state index in [1.165, 1.54) is 47.5 Å². The number of allylic oxidation sites excluding steroid dienone is 9. The van der Waals surface area contributed by atoms with Crippen LogP contribution in [-0.4, -0.2) is 6.71 Å². The van der Waals surface area contributed by atoms with Crippen molar-refractivity contribution >= 4 is 60.9 Å². The first-order chi connectivity index (χ1) is 14.5. The molecule has 3 aliphatic carbocycles. The maximum Gasteiger partial charge on any atom is 0.234 e. The van der Waals surface area contributed by atoms with E-state index in [2.05, 4.69) is 107 Å². The predicted molar refractivity (Wildman–Crippen MR) is 138 cm³/mol. The molecular formula is C27H23BBr2. The van der Waals surface area contributed by atoms with Gasteiger partial charge in [-0.1, -0.05) is 109 Å². The summed E-state index contributed by atoms with van der Waals surface area (Å²) in [4.78, 5) is 0. The van der Waals surface area contributed by atoms with Gasteiger partial charge in [-0.05, 0) is 60.2 Å². The Labute approximate surface area is 195 Å². The number of benzene rings is 2. The Balaban J connectivity index is 1.76. The van der Waals surface area contributed by atoms with E-state index in [0.29, 0.717) is 24.5 Å². The molecule has 0 spiro atoms. The van der Waals surface area contributed by atoms with Gasteiger partial charge in [-0.3, -0.25) is 0 Å². The molecule has 0 radical (unpaired) electrons. The highest BCUT2D eigenvalue weighted by Gasteiger charge is 2.46. The molecule has 3 heteroatoms. The third kappa shape index (κ3) is 2.51. The van der Waals surface area contributed by atoms with Gasteiger partial charge in [0.2, 0.25) is 6.71 Å². The summed E-state index contributed by atoms with van der Waals surface area (Å²) in [6.07, 6.45) is 13.0. The van der Waals surface area contributed by atoms with Gasteiger partial charge in [-0.2, -0.15) is 0 Å². The Kier molecular flexibility index (Phi) is 4.28. The third-order valence-corrected chi connectivity index (χ3v) is 8.91. The van der Waals surface area contributed by atoms with Crippen LogP contribution in [0.3, 0.4) is 0 Å². The zero-order valence-corrected chi connectivity index (χ0v) is 20.6. The van der Waals surface area contributed by atoms with E-state index in [-0.39, 0.29) is 0 Å². The molecule has 148 valence electrons. The molecule has 2 unspecified atom stereocenters. The second-order valence-electron chi connectivity index (χ2n) is 9.38. The van der Waals surface area contributed by atoms with Crippen molar-refractivity contribution in [2.75, 3.05) is 0 Å². The Morgan fingerprint density at radius 3 is 2.73 bits per heavy atom. The van der Waals surface area contributed by atoms with Crippen molar-refractivity contribution in [2.24, 2.45) is 11.8 Å². The minimum Gasteiger partial charge on any atom is -0.0849 e. The van der Waals surface area contributed by atoms with Crippen LogP contribution in [0, 0.1) is 11.8 Å². The van der Waals surface area contributed by atoms with Crippen molar-refractivity contribution in [2.45, 2.75) is 33.1 Å². The molecule has 0 bridgehead atoms. The molecule has 0 aromatic heterocycles. The van der Waals surface area contributed by atoms with Gasteiger partial charge in [0.15, 0.2) is 0 Å². The second kappa shape index (κ2) is 6.71. The molecule has 3 atom stereocenters. The van der Waals surface area contributed by atoms with Crippen LogP contribution in [0.4, 0.5) is 0 Å². The normalized spacial score (nSPS) is 26.6. The monoisotopic (exact) mass is 516 g/mol. The van der Waals surface area contributed by atoms with E-state index in [9.17, 15) is 0 Å². The smallest absolute Gasteiger partial charge is 0.0849 e. The molecule has 0 fully saturated rings. The summed E-state index contributed by atoms with van der Waals surface area (Å²) in [6, 6.07) is 9.23. The summed E-state index contributed by atoms with van der Waals surface area (Å²) in [5.41, 5.74) is 10.5. The molecule has 0 amide bonds. The molecule has 1 aliphatic heterocycles. The van der Waals surface area contributed by atoms with E-state index in [1.54, 1.807) is 10.9 Å². The lowest BCUT2D eigenvalue weighted by Gasteiger charge is -2.44. The Morgan fingerprint density at radius 1 is 1.10 bits per heavy atom. The van der Waals surface area contributed by atoms with Gasteiger partial charge >= 0.3 is 0 Å². The number of halogens is 2. The summed E-state index contributed by atoms with van der Waals surface area (Å²) in [5.74, 6) is 1.38. The van der Waals surface area contributed by atoms with Crippen LogP contribution in [0.1, 0.15) is 44.2 Å². The molecule has 30 heavy (non-hydrogen) atoms. The number of rotatable bonds is 1. The summed E-state index contributed by atoms with van der Waals surface area (Å²) in [7, 11) is 0. The van der Waals surface area contributed by atoms with Crippen molar-refractivity contribution < 1.29 is 0 Å². The first kappa shape index (κ1) is 19.1. The molecule has 2 aromatic carbocycles. The summed E-state index contributed by atoms with van der Waals surface area (Å²) >= 11 is 7.82. The molecule has 4 aliphatic rings. The first-order valence-corrected chi connectivity index (χ1v) is 12.4. The fourth-order valence-corrected chi connectivity index (χ4v) is 7.80. The van der Waals surface area contributed by atoms with Gasteiger partial charge in [0.05, 0.1) is 0 Å². The molecule has 0 saturated carbocycles. The summed E-state index contributed by atoms with van der Waals surface area (Å²) < 4.78 is 2.49. The van der Waals surface area contributed by atoms with Crippen LogP contribution in [0.25, 0.3) is 16.8 Å². The Bertz CT molecular complexity index is 1290. The van der Waals surface area contributed by atoms with Crippen LogP contribution in [0.5, 0.6) is 0 Å². The largest absolute Gasteiger partial charge is 0.234 e. The molecule has 1 heterocycles. The lowest BCUT2D eigenvalue weighted by Crippen LogP contribution is -2.46.